The van der Waals surface area contributed by atoms with Gasteiger partial charge in [-0.25, -0.2) is 0 Å². The average molecular weight is 239 g/mol. The Bertz CT molecular complexity index is 420. The van der Waals surface area contributed by atoms with Crippen molar-refractivity contribution in [3.05, 3.63) is 34.9 Å². The van der Waals surface area contributed by atoms with E-state index in [0.29, 0.717) is 5.02 Å². The van der Waals surface area contributed by atoms with Crippen molar-refractivity contribution in [3.8, 4) is 0 Å². The van der Waals surface area contributed by atoms with Gasteiger partial charge >= 0.3 is 0 Å². The molecule has 0 atom stereocenters. The highest BCUT2D eigenvalue weighted by Gasteiger charge is 2.13. The maximum atomic E-state index is 11.4. The van der Waals surface area contributed by atoms with E-state index in [2.05, 4.69) is 0 Å². The molecule has 0 aliphatic rings. The lowest BCUT2D eigenvalue weighted by Gasteiger charge is -1.99. The van der Waals surface area contributed by atoms with E-state index in [4.69, 9.17) is 11.6 Å². The number of rotatable bonds is 5. The molecule has 0 fully saturated rings. The van der Waals surface area contributed by atoms with Crippen LogP contribution in [0.5, 0.6) is 0 Å². The number of benzene rings is 1. The smallest absolute Gasteiger partial charge is 0.205 e. The third kappa shape index (κ3) is 3.95. The largest absolute Gasteiger partial charge is 0.299 e. The fourth-order valence-electron chi connectivity index (χ4n) is 1.20. The first-order valence-corrected chi connectivity index (χ1v) is 5.16. The topological polar surface area (TPSA) is 51.2 Å². The minimum absolute atomic E-state index is 0.149. The predicted octanol–water partition coefficient (Wildman–Crippen LogP) is 2.00. The Morgan fingerprint density at radius 2 is 1.69 bits per heavy atom. The van der Waals surface area contributed by atoms with Gasteiger partial charge in [0.1, 0.15) is 5.78 Å². The van der Waals surface area contributed by atoms with E-state index in [0.717, 1.165) is 12.5 Å². The monoisotopic (exact) mass is 238 g/mol. The molecule has 0 amide bonds. The Labute approximate surface area is 98.4 Å². The summed E-state index contributed by atoms with van der Waals surface area (Å²) in [5.74, 6) is -1.48. The lowest BCUT2D eigenvalue weighted by molar-refractivity contribution is -0.137. The minimum atomic E-state index is -0.640. The molecule has 84 valence electrons. The van der Waals surface area contributed by atoms with Crippen molar-refractivity contribution < 1.29 is 14.4 Å². The van der Waals surface area contributed by atoms with Crippen LogP contribution >= 0.6 is 11.6 Å². The molecule has 0 aliphatic heterocycles. The van der Waals surface area contributed by atoms with E-state index < -0.39 is 11.6 Å². The fraction of sp³-hybridized carbons (Fsp3) is 0.250. The van der Waals surface area contributed by atoms with Gasteiger partial charge < -0.3 is 0 Å². The van der Waals surface area contributed by atoms with Gasteiger partial charge in [-0.15, -0.1) is 0 Å². The summed E-state index contributed by atoms with van der Waals surface area (Å²) in [4.78, 5) is 33.1. The van der Waals surface area contributed by atoms with Crippen molar-refractivity contribution in [1.82, 2.24) is 0 Å². The average Bonchev–Trinajstić information content (AvgIpc) is 2.21. The summed E-state index contributed by atoms with van der Waals surface area (Å²) in [6.07, 6.45) is -0.172. The number of carbonyl (C=O) groups excluding carboxylic acids is 3. The lowest BCUT2D eigenvalue weighted by Crippen LogP contribution is -2.16. The van der Waals surface area contributed by atoms with Crippen molar-refractivity contribution >= 4 is 29.0 Å². The van der Waals surface area contributed by atoms with E-state index in [9.17, 15) is 14.4 Å². The molecule has 0 bridgehead atoms. The summed E-state index contributed by atoms with van der Waals surface area (Å²) in [6.45, 7) is 1.16. The zero-order valence-corrected chi connectivity index (χ0v) is 9.58. The molecule has 1 rings (SSSR count). The van der Waals surface area contributed by atoms with Gasteiger partial charge in [-0.05, 0) is 17.7 Å². The maximum absolute atomic E-state index is 11.4. The molecule has 1 aromatic carbocycles. The number of ketones is 3. The Kier molecular flexibility index (Phi) is 4.38. The van der Waals surface area contributed by atoms with Crippen LogP contribution in [0.2, 0.25) is 5.02 Å². The van der Waals surface area contributed by atoms with E-state index in [1.165, 1.54) is 0 Å². The summed E-state index contributed by atoms with van der Waals surface area (Å²) >= 11 is 5.69. The molecule has 0 spiro atoms. The normalized spacial score (nSPS) is 9.88. The highest BCUT2D eigenvalue weighted by atomic mass is 35.5. The number of halogens is 1. The number of Topliss-reactive ketones (excluding diaryl/α,β-unsaturated/α-hetero) is 3. The third-order valence-electron chi connectivity index (χ3n) is 2.06. The van der Waals surface area contributed by atoms with Gasteiger partial charge in [0.25, 0.3) is 0 Å². The van der Waals surface area contributed by atoms with Crippen LogP contribution < -0.4 is 0 Å². The molecule has 1 aromatic rings. The highest BCUT2D eigenvalue weighted by molar-refractivity contribution is 6.39. The van der Waals surface area contributed by atoms with Crippen LogP contribution in [-0.4, -0.2) is 17.3 Å². The van der Waals surface area contributed by atoms with Gasteiger partial charge in [-0.2, -0.15) is 0 Å². The van der Waals surface area contributed by atoms with Gasteiger partial charge in [-0.1, -0.05) is 23.7 Å². The summed E-state index contributed by atoms with van der Waals surface area (Å²) in [5.41, 5.74) is 0.783. The second-order valence-electron chi connectivity index (χ2n) is 3.50. The summed E-state index contributed by atoms with van der Waals surface area (Å²) in [6, 6.07) is 6.80. The van der Waals surface area contributed by atoms with E-state index >= 15 is 0 Å². The van der Waals surface area contributed by atoms with Gasteiger partial charge in [0.2, 0.25) is 5.78 Å². The zero-order chi connectivity index (χ0) is 12.1. The molecule has 0 saturated heterocycles. The van der Waals surface area contributed by atoms with E-state index in [-0.39, 0.29) is 18.6 Å². The molecule has 0 heterocycles. The van der Waals surface area contributed by atoms with Gasteiger partial charge in [0.15, 0.2) is 5.78 Å². The second kappa shape index (κ2) is 5.56. The van der Waals surface area contributed by atoms with Crippen molar-refractivity contribution in [2.45, 2.75) is 19.8 Å². The molecule has 0 unspecified atom stereocenters. The Balaban J connectivity index is 2.55. The van der Waals surface area contributed by atoms with Crippen LogP contribution in [0.1, 0.15) is 18.9 Å². The third-order valence-corrected chi connectivity index (χ3v) is 2.32. The summed E-state index contributed by atoms with van der Waals surface area (Å²) in [5, 5.41) is 0.594. The minimum Gasteiger partial charge on any atom is -0.299 e. The first-order valence-electron chi connectivity index (χ1n) is 4.79. The van der Waals surface area contributed by atoms with Crippen molar-refractivity contribution in [2.75, 3.05) is 0 Å². The van der Waals surface area contributed by atoms with Crippen molar-refractivity contribution in [3.63, 3.8) is 0 Å². The van der Waals surface area contributed by atoms with Crippen LogP contribution in [-0.2, 0) is 20.8 Å². The molecule has 0 saturated carbocycles. The van der Waals surface area contributed by atoms with Crippen LogP contribution in [0.25, 0.3) is 0 Å². The Morgan fingerprint density at radius 1 is 1.12 bits per heavy atom. The summed E-state index contributed by atoms with van der Waals surface area (Å²) in [7, 11) is 0. The zero-order valence-electron chi connectivity index (χ0n) is 8.83. The van der Waals surface area contributed by atoms with Crippen molar-refractivity contribution in [2.24, 2.45) is 0 Å². The highest BCUT2D eigenvalue weighted by Crippen LogP contribution is 2.10. The molecule has 3 nitrogen and oxygen atoms in total. The number of hydrogen-bond acceptors (Lipinski definition) is 3. The lowest BCUT2D eigenvalue weighted by atomic mass is 10.0. The molecule has 0 radical (unpaired) electrons. The van der Waals surface area contributed by atoms with Gasteiger partial charge in [-0.3, -0.25) is 14.4 Å². The Morgan fingerprint density at radius 3 is 2.19 bits per heavy atom. The first kappa shape index (κ1) is 12.6. The Hall–Kier alpha value is -1.48. The maximum Gasteiger partial charge on any atom is 0.205 e. The molecular weight excluding hydrogens is 228 g/mol. The number of carbonyl (C=O) groups is 3. The van der Waals surface area contributed by atoms with Crippen LogP contribution in [0.15, 0.2) is 24.3 Å². The summed E-state index contributed by atoms with van der Waals surface area (Å²) < 4.78 is 0. The molecular formula is C12H11ClO3. The molecule has 16 heavy (non-hydrogen) atoms. The first-order chi connectivity index (χ1) is 7.49. The molecule has 4 heteroatoms. The predicted molar refractivity (Wildman–Crippen MR) is 60.5 cm³/mol. The standard InChI is InChI=1S/C12H11ClO3/c1-8(14)12(16)7-11(15)6-9-2-4-10(13)5-3-9/h2-5H,6-7H2,1H3. The SMILES string of the molecule is CC(=O)C(=O)CC(=O)Cc1ccc(Cl)cc1. The second-order valence-corrected chi connectivity index (χ2v) is 3.93. The molecule has 0 N–H and O–H groups in total. The van der Waals surface area contributed by atoms with Crippen molar-refractivity contribution in [1.29, 1.82) is 0 Å². The quantitative estimate of drug-likeness (QED) is 0.582. The van der Waals surface area contributed by atoms with E-state index in [1.807, 2.05) is 0 Å². The van der Waals surface area contributed by atoms with Crippen LogP contribution in [0.3, 0.4) is 0 Å². The van der Waals surface area contributed by atoms with Gasteiger partial charge in [0.05, 0.1) is 6.42 Å². The molecule has 0 aromatic heterocycles. The fourth-order valence-corrected chi connectivity index (χ4v) is 1.32. The number of hydrogen-bond donors (Lipinski definition) is 0. The van der Waals surface area contributed by atoms with Gasteiger partial charge in [0, 0.05) is 18.4 Å². The molecule has 0 aliphatic carbocycles. The van der Waals surface area contributed by atoms with Crippen LogP contribution in [0.4, 0.5) is 0 Å². The van der Waals surface area contributed by atoms with E-state index in [1.54, 1.807) is 24.3 Å². The van der Waals surface area contributed by atoms with Crippen LogP contribution in [0, 0.1) is 0 Å².